The highest BCUT2D eigenvalue weighted by Crippen LogP contribution is 2.27. The summed E-state index contributed by atoms with van der Waals surface area (Å²) in [5, 5.41) is 10.8. The van der Waals surface area contributed by atoms with Gasteiger partial charge in [-0.2, -0.15) is 0 Å². The molecule has 0 aliphatic carbocycles. The lowest BCUT2D eigenvalue weighted by Gasteiger charge is -2.26. The molecule has 0 fully saturated rings. The van der Waals surface area contributed by atoms with Crippen molar-refractivity contribution in [3.63, 3.8) is 0 Å². The first-order valence-electron chi connectivity index (χ1n) is 6.16. The van der Waals surface area contributed by atoms with Crippen molar-refractivity contribution < 1.29 is 13.9 Å². The van der Waals surface area contributed by atoms with E-state index < -0.39 is 32.9 Å². The summed E-state index contributed by atoms with van der Waals surface area (Å²) >= 11 is -1.39. The van der Waals surface area contributed by atoms with E-state index in [4.69, 9.17) is 0 Å². The molecule has 5 nitrogen and oxygen atoms in total. The molecule has 2 atom stereocenters. The molecule has 1 N–H and O–H groups in total. The van der Waals surface area contributed by atoms with Crippen molar-refractivity contribution in [3.8, 4) is 0 Å². The monoisotopic (exact) mass is 302 g/mol. The maximum absolute atomic E-state index is 14.1. The fourth-order valence-electron chi connectivity index (χ4n) is 1.60. The van der Waals surface area contributed by atoms with Gasteiger partial charge in [0.1, 0.15) is 10.6 Å². The van der Waals surface area contributed by atoms with Crippen molar-refractivity contribution in [3.05, 3.63) is 39.2 Å². The highest BCUT2D eigenvalue weighted by Gasteiger charge is 2.30. The van der Waals surface area contributed by atoms with E-state index in [2.05, 4.69) is 4.72 Å². The van der Waals surface area contributed by atoms with Gasteiger partial charge in [0.15, 0.2) is 0 Å². The van der Waals surface area contributed by atoms with Crippen LogP contribution in [0, 0.1) is 22.9 Å². The largest absolute Gasteiger partial charge is 0.598 e. The van der Waals surface area contributed by atoms with E-state index in [0.29, 0.717) is 0 Å². The van der Waals surface area contributed by atoms with E-state index in [0.717, 1.165) is 0 Å². The van der Waals surface area contributed by atoms with E-state index in [1.165, 1.54) is 19.1 Å². The van der Waals surface area contributed by atoms with Gasteiger partial charge in [-0.1, -0.05) is 0 Å². The topological polar surface area (TPSA) is 78.2 Å². The molecule has 7 heteroatoms. The minimum Gasteiger partial charge on any atom is -0.598 e. The first-order valence-corrected chi connectivity index (χ1v) is 7.31. The van der Waals surface area contributed by atoms with Gasteiger partial charge in [-0.3, -0.25) is 10.1 Å². The molecule has 0 bridgehead atoms. The van der Waals surface area contributed by atoms with Crippen LogP contribution in [-0.2, 0) is 11.4 Å². The maximum atomic E-state index is 14.1. The van der Waals surface area contributed by atoms with Gasteiger partial charge in [0, 0.05) is 29.1 Å². The number of halogens is 1. The van der Waals surface area contributed by atoms with Crippen molar-refractivity contribution >= 4 is 17.0 Å². The van der Waals surface area contributed by atoms with Crippen molar-refractivity contribution in [1.29, 1.82) is 0 Å². The van der Waals surface area contributed by atoms with Gasteiger partial charge in [0.25, 0.3) is 5.69 Å². The number of nitro groups is 1. The zero-order valence-corrected chi connectivity index (χ0v) is 13.0. The molecule has 1 aromatic rings. The SMILES string of the molecule is Cc1cc([N+](=O)[O-])cc([C@H](C)N[S@+]([O-])C(C)(C)C)c1F. The van der Waals surface area contributed by atoms with Gasteiger partial charge in [0.05, 0.1) is 11.0 Å². The summed E-state index contributed by atoms with van der Waals surface area (Å²) in [6.45, 7) is 8.47. The van der Waals surface area contributed by atoms with Crippen LogP contribution < -0.4 is 4.72 Å². The molecule has 0 saturated carbocycles. The first-order chi connectivity index (χ1) is 9.04. The van der Waals surface area contributed by atoms with Crippen LogP contribution in [0.1, 0.15) is 44.9 Å². The van der Waals surface area contributed by atoms with E-state index in [1.807, 2.05) is 0 Å². The summed E-state index contributed by atoms with van der Waals surface area (Å²) in [5.41, 5.74) is 0.174. The molecule has 0 heterocycles. The number of non-ortho nitro benzene ring substituents is 1. The Hall–Kier alpha value is -1.18. The summed E-state index contributed by atoms with van der Waals surface area (Å²) in [6.07, 6.45) is 0. The Labute approximate surface area is 121 Å². The lowest BCUT2D eigenvalue weighted by Crippen LogP contribution is -2.40. The van der Waals surface area contributed by atoms with Gasteiger partial charge in [-0.05, 0) is 40.2 Å². The smallest absolute Gasteiger partial charge is 0.270 e. The standard InChI is InChI=1S/C13H19FN2O3S/c1-8-6-10(16(17)18)7-11(12(8)14)9(2)15-20(19)13(3,4)5/h6-7,9,15H,1-5H3/t9-,20+/m0/s1. The van der Waals surface area contributed by atoms with Gasteiger partial charge in [0.2, 0.25) is 0 Å². The summed E-state index contributed by atoms with van der Waals surface area (Å²) in [4.78, 5) is 10.3. The van der Waals surface area contributed by atoms with Gasteiger partial charge >= 0.3 is 0 Å². The van der Waals surface area contributed by atoms with Crippen molar-refractivity contribution in [2.45, 2.75) is 45.4 Å². The van der Waals surface area contributed by atoms with Crippen molar-refractivity contribution in [2.75, 3.05) is 0 Å². The molecule has 0 radical (unpaired) electrons. The number of nitro benzene ring substituents is 1. The molecular formula is C13H19FN2O3S. The molecule has 0 aliphatic rings. The minimum absolute atomic E-state index is 0.148. The van der Waals surface area contributed by atoms with Crippen LogP contribution in [0.3, 0.4) is 0 Å². The van der Waals surface area contributed by atoms with Crippen molar-refractivity contribution in [1.82, 2.24) is 4.72 Å². The van der Waals surface area contributed by atoms with E-state index >= 15 is 0 Å². The molecule has 1 aromatic carbocycles. The average Bonchev–Trinajstić information content (AvgIpc) is 2.30. The maximum Gasteiger partial charge on any atom is 0.270 e. The van der Waals surface area contributed by atoms with Crippen LogP contribution in [0.5, 0.6) is 0 Å². The second-order valence-corrected chi connectivity index (χ2v) is 7.64. The molecule has 0 aliphatic heterocycles. The molecule has 0 saturated heterocycles. The Bertz CT molecular complexity index is 517. The molecule has 1 rings (SSSR count). The number of nitrogens with one attached hydrogen (secondary N) is 1. The fourth-order valence-corrected chi connectivity index (χ4v) is 2.40. The normalized spacial score (nSPS) is 14.9. The van der Waals surface area contributed by atoms with Gasteiger partial charge in [-0.15, -0.1) is 4.72 Å². The Kier molecular flexibility index (Phi) is 5.12. The minimum atomic E-state index is -1.39. The Balaban J connectivity index is 3.09. The molecule has 20 heavy (non-hydrogen) atoms. The number of aryl methyl sites for hydroxylation is 1. The Morgan fingerprint density at radius 2 is 1.95 bits per heavy atom. The first kappa shape index (κ1) is 16.9. The predicted molar refractivity (Wildman–Crippen MR) is 77.2 cm³/mol. The highest BCUT2D eigenvalue weighted by atomic mass is 32.2. The zero-order valence-electron chi connectivity index (χ0n) is 12.2. The summed E-state index contributed by atoms with van der Waals surface area (Å²) < 4.78 is 28.4. The number of nitrogens with zero attached hydrogens (tertiary/aromatic N) is 1. The third-order valence-electron chi connectivity index (χ3n) is 2.78. The van der Waals surface area contributed by atoms with E-state index in [9.17, 15) is 19.1 Å². The average molecular weight is 302 g/mol. The lowest BCUT2D eigenvalue weighted by atomic mass is 10.0. The Morgan fingerprint density at radius 3 is 2.40 bits per heavy atom. The summed E-state index contributed by atoms with van der Waals surface area (Å²) in [7, 11) is 0. The van der Waals surface area contributed by atoms with Gasteiger partial charge < -0.3 is 4.55 Å². The van der Waals surface area contributed by atoms with Crippen LogP contribution in [0.15, 0.2) is 12.1 Å². The third-order valence-corrected chi connectivity index (χ3v) is 4.46. The van der Waals surface area contributed by atoms with Crippen LogP contribution >= 0.6 is 0 Å². The molecular weight excluding hydrogens is 283 g/mol. The van der Waals surface area contributed by atoms with E-state index in [1.54, 1.807) is 27.7 Å². The van der Waals surface area contributed by atoms with Gasteiger partial charge in [-0.25, -0.2) is 4.39 Å². The Morgan fingerprint density at radius 1 is 1.40 bits per heavy atom. The number of hydrogen-bond acceptors (Lipinski definition) is 4. The molecule has 0 spiro atoms. The third kappa shape index (κ3) is 3.91. The second-order valence-electron chi connectivity index (χ2n) is 5.64. The van der Waals surface area contributed by atoms with Crippen LogP contribution in [0.4, 0.5) is 10.1 Å². The lowest BCUT2D eigenvalue weighted by molar-refractivity contribution is -0.385. The van der Waals surface area contributed by atoms with E-state index in [-0.39, 0.29) is 16.8 Å². The molecule has 0 aromatic heterocycles. The zero-order chi connectivity index (χ0) is 15.7. The molecule has 112 valence electrons. The van der Waals surface area contributed by atoms with Crippen LogP contribution in [-0.4, -0.2) is 14.2 Å². The summed E-state index contributed by atoms with van der Waals surface area (Å²) in [5.74, 6) is -0.512. The number of rotatable bonds is 4. The molecule has 0 amide bonds. The highest BCUT2D eigenvalue weighted by molar-refractivity contribution is 7.90. The van der Waals surface area contributed by atoms with Crippen LogP contribution in [0.2, 0.25) is 0 Å². The fraction of sp³-hybridized carbons (Fsp3) is 0.538. The van der Waals surface area contributed by atoms with Crippen molar-refractivity contribution in [2.24, 2.45) is 0 Å². The predicted octanol–water partition coefficient (Wildman–Crippen LogP) is 3.16. The number of benzene rings is 1. The molecule has 0 unspecified atom stereocenters. The number of hydrogen-bond donors (Lipinski definition) is 1. The second kappa shape index (κ2) is 6.07. The quantitative estimate of drug-likeness (QED) is 0.526. The summed E-state index contributed by atoms with van der Waals surface area (Å²) in [6, 6.07) is 1.78. The van der Waals surface area contributed by atoms with Crippen LogP contribution in [0.25, 0.3) is 0 Å².